The molecular weight excluding hydrogens is 528 g/mol. The van der Waals surface area contributed by atoms with Gasteiger partial charge in [0, 0.05) is 28.2 Å². The first-order valence-corrected chi connectivity index (χ1v) is 14.3. The maximum atomic E-state index is 14.0. The van der Waals surface area contributed by atoms with Crippen molar-refractivity contribution in [3.05, 3.63) is 96.3 Å². The summed E-state index contributed by atoms with van der Waals surface area (Å²) in [5.74, 6) is -1.03. The number of carbonyl (C=O) groups excluding carboxylic acids is 2. The predicted molar refractivity (Wildman–Crippen MR) is 152 cm³/mol. The summed E-state index contributed by atoms with van der Waals surface area (Å²) in [6, 6.07) is 21.6. The first kappa shape index (κ1) is 25.6. The zero-order valence-corrected chi connectivity index (χ0v) is 22.7. The third-order valence-corrected chi connectivity index (χ3v) is 8.72. The van der Waals surface area contributed by atoms with E-state index in [0.29, 0.717) is 22.6 Å². The van der Waals surface area contributed by atoms with Crippen molar-refractivity contribution in [3.63, 3.8) is 0 Å². The van der Waals surface area contributed by atoms with E-state index in [4.69, 9.17) is 4.74 Å². The molecule has 0 spiro atoms. The number of rotatable bonds is 6. The minimum Gasteiger partial charge on any atom is -0.497 e. The number of nitrogens with one attached hydrogen (secondary N) is 1. The number of hydrogen-bond acceptors (Lipinski definition) is 6. The zero-order valence-electron chi connectivity index (χ0n) is 21.9. The number of sulfone groups is 1. The number of pyridine rings is 1. The molecule has 3 aromatic carbocycles. The lowest BCUT2D eigenvalue weighted by Gasteiger charge is -2.29. The summed E-state index contributed by atoms with van der Waals surface area (Å²) in [5.41, 5.74) is 3.25. The molecule has 3 heterocycles. The van der Waals surface area contributed by atoms with Crippen molar-refractivity contribution in [1.29, 1.82) is 0 Å². The average Bonchev–Trinajstić information content (AvgIpc) is 3.21. The van der Waals surface area contributed by atoms with Gasteiger partial charge in [0.15, 0.2) is 15.9 Å². The van der Waals surface area contributed by atoms with Gasteiger partial charge >= 0.3 is 0 Å². The number of aromatic nitrogens is 2. The van der Waals surface area contributed by atoms with Gasteiger partial charge in [0.1, 0.15) is 18.2 Å². The van der Waals surface area contributed by atoms with Gasteiger partial charge in [-0.1, -0.05) is 35.9 Å². The van der Waals surface area contributed by atoms with Crippen LogP contribution >= 0.6 is 0 Å². The summed E-state index contributed by atoms with van der Waals surface area (Å²) in [6.45, 7) is 1.84. The Balaban J connectivity index is 1.48. The van der Waals surface area contributed by atoms with Gasteiger partial charge in [-0.2, -0.15) is 0 Å². The van der Waals surface area contributed by atoms with E-state index in [0.717, 1.165) is 21.9 Å². The Morgan fingerprint density at radius 3 is 2.45 bits per heavy atom. The molecule has 202 valence electrons. The summed E-state index contributed by atoms with van der Waals surface area (Å²) in [7, 11) is -2.29. The van der Waals surface area contributed by atoms with Gasteiger partial charge in [0.05, 0.1) is 23.2 Å². The number of methoxy groups -OCH3 is 1. The molecule has 0 bridgehead atoms. The first-order chi connectivity index (χ1) is 19.3. The number of benzene rings is 3. The van der Waals surface area contributed by atoms with Crippen LogP contribution in [0.25, 0.3) is 21.8 Å². The molecule has 0 saturated heterocycles. The lowest BCUT2D eigenvalue weighted by atomic mass is 10.1. The van der Waals surface area contributed by atoms with Gasteiger partial charge in [0.2, 0.25) is 11.8 Å². The number of para-hydroxylation sites is 1. The van der Waals surface area contributed by atoms with Crippen LogP contribution in [0.15, 0.2) is 90.0 Å². The number of carbonyl (C=O) groups is 2. The number of aryl methyl sites for hydroxylation is 1. The second-order valence-electron chi connectivity index (χ2n) is 9.67. The fraction of sp³-hybridized carbons (Fsp3) is 0.167. The normalized spacial score (nSPS) is 15.3. The molecule has 1 aliphatic heterocycles. The van der Waals surface area contributed by atoms with E-state index in [1.165, 1.54) is 17.0 Å². The second kappa shape index (κ2) is 9.80. The van der Waals surface area contributed by atoms with E-state index in [1.54, 1.807) is 49.7 Å². The van der Waals surface area contributed by atoms with Crippen molar-refractivity contribution < 1.29 is 22.7 Å². The van der Waals surface area contributed by atoms with Crippen molar-refractivity contribution in [3.8, 4) is 5.75 Å². The molecule has 0 saturated carbocycles. The summed E-state index contributed by atoms with van der Waals surface area (Å²) in [5, 5.41) is 4.38. The molecule has 0 fully saturated rings. The lowest BCUT2D eigenvalue weighted by molar-refractivity contribution is -0.126. The molecule has 0 aliphatic carbocycles. The highest BCUT2D eigenvalue weighted by atomic mass is 32.2. The van der Waals surface area contributed by atoms with Crippen molar-refractivity contribution in [2.45, 2.75) is 24.4 Å². The summed E-state index contributed by atoms with van der Waals surface area (Å²) in [6.07, 6.45) is 1.61. The number of anilines is 1. The number of fused-ring (bicyclic) bond motifs is 3. The molecule has 9 nitrogen and oxygen atoms in total. The fourth-order valence-electron chi connectivity index (χ4n) is 5.24. The Bertz CT molecular complexity index is 1880. The Morgan fingerprint density at radius 1 is 1.00 bits per heavy atom. The van der Waals surface area contributed by atoms with Crippen LogP contribution in [0.2, 0.25) is 0 Å². The molecule has 1 aliphatic rings. The van der Waals surface area contributed by atoms with Gasteiger partial charge in [-0.15, -0.1) is 0 Å². The molecule has 6 rings (SSSR count). The summed E-state index contributed by atoms with van der Waals surface area (Å²) < 4.78 is 33.3. The predicted octanol–water partition coefficient (Wildman–Crippen LogP) is 4.14. The minimum atomic E-state index is -3.83. The third-order valence-electron chi connectivity index (χ3n) is 7.20. The summed E-state index contributed by atoms with van der Waals surface area (Å²) >= 11 is 0. The lowest BCUT2D eigenvalue weighted by Crippen LogP contribution is -2.45. The zero-order chi connectivity index (χ0) is 28.0. The highest BCUT2D eigenvalue weighted by Gasteiger charge is 2.39. The van der Waals surface area contributed by atoms with E-state index < -0.39 is 27.7 Å². The number of amides is 2. The quantitative estimate of drug-likeness (QED) is 0.338. The van der Waals surface area contributed by atoms with Crippen LogP contribution in [-0.4, -0.2) is 42.8 Å². The van der Waals surface area contributed by atoms with Gasteiger partial charge < -0.3 is 14.6 Å². The summed E-state index contributed by atoms with van der Waals surface area (Å²) in [4.78, 5) is 34.0. The Labute approximate surface area is 230 Å². The monoisotopic (exact) mass is 554 g/mol. The van der Waals surface area contributed by atoms with Crippen LogP contribution < -0.4 is 15.0 Å². The molecule has 0 radical (unpaired) electrons. The molecule has 10 heteroatoms. The Hall–Kier alpha value is -4.70. The number of nitrogens with zero attached hydrogens (tertiary/aromatic N) is 3. The number of ether oxygens (including phenoxy) is 1. The standard InChI is InChI=1S/C30H26N4O5S/c1-19-7-13-22(14-8-19)40(37,38)18-32-30(36)29-27-28-24(15-16-31-27)23-5-3-4-6-25(23)33(28)17-26(35)34(29)20-9-11-21(39-2)12-10-20/h3-16,29H,17-18H2,1-2H3,(H,32,36). The van der Waals surface area contributed by atoms with Gasteiger partial charge in [0.25, 0.3) is 0 Å². The van der Waals surface area contributed by atoms with E-state index in [9.17, 15) is 18.0 Å². The van der Waals surface area contributed by atoms with Crippen LogP contribution in [0.5, 0.6) is 5.75 Å². The highest BCUT2D eigenvalue weighted by Crippen LogP contribution is 2.39. The highest BCUT2D eigenvalue weighted by molar-refractivity contribution is 7.91. The van der Waals surface area contributed by atoms with Crippen LogP contribution in [0.4, 0.5) is 5.69 Å². The smallest absolute Gasteiger partial charge is 0.250 e. The van der Waals surface area contributed by atoms with Crippen molar-refractivity contribution in [2.24, 2.45) is 0 Å². The van der Waals surface area contributed by atoms with Crippen molar-refractivity contribution >= 4 is 49.1 Å². The van der Waals surface area contributed by atoms with Crippen LogP contribution in [0.3, 0.4) is 0 Å². The molecule has 5 aromatic rings. The van der Waals surface area contributed by atoms with Crippen LogP contribution in [-0.2, 0) is 26.0 Å². The van der Waals surface area contributed by atoms with Gasteiger partial charge in [-0.25, -0.2) is 8.42 Å². The molecule has 1 unspecified atom stereocenters. The molecule has 2 amide bonds. The maximum absolute atomic E-state index is 14.0. The molecule has 40 heavy (non-hydrogen) atoms. The Morgan fingerprint density at radius 2 is 1.73 bits per heavy atom. The van der Waals surface area contributed by atoms with Crippen LogP contribution in [0.1, 0.15) is 17.3 Å². The Kier molecular flexibility index (Phi) is 6.26. The van der Waals surface area contributed by atoms with Crippen LogP contribution in [0, 0.1) is 6.92 Å². The third kappa shape index (κ3) is 4.26. The molecule has 1 atom stereocenters. The molecule has 2 aromatic heterocycles. The van der Waals surface area contributed by atoms with Gasteiger partial charge in [-0.3, -0.25) is 19.5 Å². The van der Waals surface area contributed by atoms with E-state index in [-0.39, 0.29) is 17.3 Å². The molecular formula is C30H26N4O5S. The average molecular weight is 555 g/mol. The minimum absolute atomic E-state index is 0.0276. The first-order valence-electron chi connectivity index (χ1n) is 12.7. The SMILES string of the molecule is COc1ccc(N2C(=O)Cn3c4ccccc4c4ccnc(c43)C2C(=O)NCS(=O)(=O)c2ccc(C)cc2)cc1. The van der Waals surface area contributed by atoms with Crippen molar-refractivity contribution in [2.75, 3.05) is 17.9 Å². The largest absolute Gasteiger partial charge is 0.497 e. The van der Waals surface area contributed by atoms with E-state index in [2.05, 4.69) is 10.3 Å². The molecule has 1 N–H and O–H groups in total. The topological polar surface area (TPSA) is 111 Å². The fourth-order valence-corrected chi connectivity index (χ4v) is 6.29. The maximum Gasteiger partial charge on any atom is 0.250 e. The van der Waals surface area contributed by atoms with E-state index >= 15 is 0 Å². The van der Waals surface area contributed by atoms with Crippen molar-refractivity contribution in [1.82, 2.24) is 14.9 Å². The number of hydrogen-bond donors (Lipinski definition) is 1. The van der Waals surface area contributed by atoms with E-state index in [1.807, 2.05) is 41.8 Å². The second-order valence-corrected chi connectivity index (χ2v) is 11.7. The van der Waals surface area contributed by atoms with Gasteiger partial charge in [-0.05, 0) is 55.5 Å².